The monoisotopic (exact) mass is 269 g/mol. The SMILES string of the molecule is C=CCN(CC#Cc1ccccc1)C(=O)[C@H]1CCOC1. The predicted molar refractivity (Wildman–Crippen MR) is 79.0 cm³/mol. The molecule has 0 unspecified atom stereocenters. The molecule has 0 radical (unpaired) electrons. The summed E-state index contributed by atoms with van der Waals surface area (Å²) in [6.45, 7) is 5.86. The van der Waals surface area contributed by atoms with Gasteiger partial charge in [-0.1, -0.05) is 36.1 Å². The van der Waals surface area contributed by atoms with E-state index in [1.807, 2.05) is 30.3 Å². The third-order valence-corrected chi connectivity index (χ3v) is 3.22. The van der Waals surface area contributed by atoms with Crippen LogP contribution in [-0.4, -0.2) is 37.1 Å². The van der Waals surface area contributed by atoms with Crippen LogP contribution >= 0.6 is 0 Å². The van der Waals surface area contributed by atoms with Gasteiger partial charge in [-0.2, -0.15) is 0 Å². The van der Waals surface area contributed by atoms with Crippen LogP contribution in [0.2, 0.25) is 0 Å². The number of carbonyl (C=O) groups excluding carboxylic acids is 1. The number of benzene rings is 1. The molecule has 0 bridgehead atoms. The third-order valence-electron chi connectivity index (χ3n) is 3.22. The fraction of sp³-hybridized carbons (Fsp3) is 0.353. The Hall–Kier alpha value is -2.05. The van der Waals surface area contributed by atoms with Crippen molar-refractivity contribution in [2.75, 3.05) is 26.3 Å². The first-order valence-corrected chi connectivity index (χ1v) is 6.82. The van der Waals surface area contributed by atoms with E-state index in [1.54, 1.807) is 11.0 Å². The van der Waals surface area contributed by atoms with Crippen molar-refractivity contribution in [2.45, 2.75) is 6.42 Å². The van der Waals surface area contributed by atoms with Crippen LogP contribution in [0, 0.1) is 17.8 Å². The lowest BCUT2D eigenvalue weighted by molar-refractivity contribution is -0.134. The molecule has 1 amide bonds. The standard InChI is InChI=1S/C17H19NO2/c1-2-11-18(17(19)16-10-13-20-14-16)12-6-9-15-7-4-3-5-8-15/h2-5,7-8,16H,1,10-14H2/t16-/m0/s1. The van der Waals surface area contributed by atoms with Crippen LogP contribution in [0.25, 0.3) is 0 Å². The van der Waals surface area contributed by atoms with Crippen molar-refractivity contribution in [3.05, 3.63) is 48.6 Å². The Labute approximate surface area is 120 Å². The average Bonchev–Trinajstić information content (AvgIpc) is 3.01. The molecule has 20 heavy (non-hydrogen) atoms. The number of hydrogen-bond acceptors (Lipinski definition) is 2. The second kappa shape index (κ2) is 7.52. The molecular formula is C17H19NO2. The zero-order chi connectivity index (χ0) is 14.2. The van der Waals surface area contributed by atoms with E-state index in [0.717, 1.165) is 12.0 Å². The second-order valence-corrected chi connectivity index (χ2v) is 4.74. The molecule has 1 fully saturated rings. The van der Waals surface area contributed by atoms with Crippen molar-refractivity contribution in [1.29, 1.82) is 0 Å². The molecule has 1 aromatic carbocycles. The molecule has 1 heterocycles. The summed E-state index contributed by atoms with van der Waals surface area (Å²) in [4.78, 5) is 14.0. The van der Waals surface area contributed by atoms with Gasteiger partial charge in [0.2, 0.25) is 5.91 Å². The molecule has 0 N–H and O–H groups in total. The minimum Gasteiger partial charge on any atom is -0.381 e. The van der Waals surface area contributed by atoms with Crippen molar-refractivity contribution in [2.24, 2.45) is 5.92 Å². The maximum absolute atomic E-state index is 12.3. The van der Waals surface area contributed by atoms with Crippen molar-refractivity contribution in [1.82, 2.24) is 4.90 Å². The minimum atomic E-state index is -0.0199. The van der Waals surface area contributed by atoms with Gasteiger partial charge in [-0.25, -0.2) is 0 Å². The molecule has 0 aromatic heterocycles. The smallest absolute Gasteiger partial charge is 0.229 e. The second-order valence-electron chi connectivity index (χ2n) is 4.74. The molecule has 0 spiro atoms. The first-order chi connectivity index (χ1) is 9.81. The van der Waals surface area contributed by atoms with Crippen LogP contribution < -0.4 is 0 Å². The van der Waals surface area contributed by atoms with E-state index in [4.69, 9.17) is 4.74 Å². The maximum Gasteiger partial charge on any atom is 0.229 e. The van der Waals surface area contributed by atoms with Gasteiger partial charge in [-0.05, 0) is 18.6 Å². The highest BCUT2D eigenvalue weighted by Gasteiger charge is 2.26. The molecular weight excluding hydrogens is 250 g/mol. The predicted octanol–water partition coefficient (Wildman–Crippen LogP) is 2.09. The number of ether oxygens (including phenoxy) is 1. The Morgan fingerprint density at radius 3 is 2.90 bits per heavy atom. The van der Waals surface area contributed by atoms with Crippen LogP contribution in [-0.2, 0) is 9.53 Å². The van der Waals surface area contributed by atoms with E-state index in [0.29, 0.717) is 26.3 Å². The summed E-state index contributed by atoms with van der Waals surface area (Å²) in [6.07, 6.45) is 2.54. The highest BCUT2D eigenvalue weighted by Crippen LogP contribution is 2.15. The van der Waals surface area contributed by atoms with E-state index in [-0.39, 0.29) is 11.8 Å². The molecule has 1 aliphatic heterocycles. The normalized spacial score (nSPS) is 17.1. The zero-order valence-electron chi connectivity index (χ0n) is 11.5. The lowest BCUT2D eigenvalue weighted by atomic mass is 10.1. The number of amides is 1. The molecule has 1 aromatic rings. The van der Waals surface area contributed by atoms with Gasteiger partial charge in [0, 0.05) is 18.7 Å². The van der Waals surface area contributed by atoms with Crippen molar-refractivity contribution in [3.8, 4) is 11.8 Å². The molecule has 1 aliphatic rings. The number of hydrogen-bond donors (Lipinski definition) is 0. The van der Waals surface area contributed by atoms with Crippen molar-refractivity contribution >= 4 is 5.91 Å². The van der Waals surface area contributed by atoms with Crippen LogP contribution in [0.5, 0.6) is 0 Å². The first kappa shape index (κ1) is 14.4. The Morgan fingerprint density at radius 1 is 1.45 bits per heavy atom. The largest absolute Gasteiger partial charge is 0.381 e. The fourth-order valence-corrected chi connectivity index (χ4v) is 2.13. The van der Waals surface area contributed by atoms with E-state index >= 15 is 0 Å². The van der Waals surface area contributed by atoms with E-state index in [9.17, 15) is 4.79 Å². The van der Waals surface area contributed by atoms with E-state index in [1.165, 1.54) is 0 Å². The highest BCUT2D eigenvalue weighted by atomic mass is 16.5. The molecule has 1 saturated heterocycles. The summed E-state index contributed by atoms with van der Waals surface area (Å²) in [6, 6.07) is 9.77. The van der Waals surface area contributed by atoms with Gasteiger partial charge < -0.3 is 9.64 Å². The summed E-state index contributed by atoms with van der Waals surface area (Å²) >= 11 is 0. The lowest BCUT2D eigenvalue weighted by Crippen LogP contribution is -2.36. The summed E-state index contributed by atoms with van der Waals surface area (Å²) in [5, 5.41) is 0. The Bertz CT molecular complexity index is 507. The van der Waals surface area contributed by atoms with Gasteiger partial charge in [0.15, 0.2) is 0 Å². The van der Waals surface area contributed by atoms with Gasteiger partial charge in [0.05, 0.1) is 19.1 Å². The molecule has 104 valence electrons. The molecule has 0 saturated carbocycles. The van der Waals surface area contributed by atoms with E-state index in [2.05, 4.69) is 18.4 Å². The highest BCUT2D eigenvalue weighted by molar-refractivity contribution is 5.79. The topological polar surface area (TPSA) is 29.5 Å². The van der Waals surface area contributed by atoms with Gasteiger partial charge >= 0.3 is 0 Å². The fourth-order valence-electron chi connectivity index (χ4n) is 2.13. The number of nitrogens with zero attached hydrogens (tertiary/aromatic N) is 1. The molecule has 1 atom stereocenters. The number of carbonyl (C=O) groups is 1. The van der Waals surface area contributed by atoms with Gasteiger partial charge in [-0.15, -0.1) is 6.58 Å². The quantitative estimate of drug-likeness (QED) is 0.619. The molecule has 3 nitrogen and oxygen atoms in total. The Morgan fingerprint density at radius 2 is 2.25 bits per heavy atom. The molecule has 2 rings (SSSR count). The Balaban J connectivity index is 1.97. The molecule has 0 aliphatic carbocycles. The number of rotatable bonds is 4. The lowest BCUT2D eigenvalue weighted by Gasteiger charge is -2.21. The summed E-state index contributed by atoms with van der Waals surface area (Å²) in [5.74, 6) is 6.22. The van der Waals surface area contributed by atoms with Crippen molar-refractivity contribution < 1.29 is 9.53 Å². The molecule has 3 heteroatoms. The summed E-state index contributed by atoms with van der Waals surface area (Å²) < 4.78 is 5.27. The maximum atomic E-state index is 12.3. The van der Waals surface area contributed by atoms with Crippen LogP contribution in [0.1, 0.15) is 12.0 Å². The van der Waals surface area contributed by atoms with Crippen LogP contribution in [0.3, 0.4) is 0 Å². The van der Waals surface area contributed by atoms with Gasteiger partial charge in [0.1, 0.15) is 0 Å². The zero-order valence-corrected chi connectivity index (χ0v) is 11.5. The van der Waals surface area contributed by atoms with Crippen molar-refractivity contribution in [3.63, 3.8) is 0 Å². The summed E-state index contributed by atoms with van der Waals surface area (Å²) in [7, 11) is 0. The van der Waals surface area contributed by atoms with Gasteiger partial charge in [-0.3, -0.25) is 4.79 Å². The average molecular weight is 269 g/mol. The van der Waals surface area contributed by atoms with Gasteiger partial charge in [0.25, 0.3) is 0 Å². The van der Waals surface area contributed by atoms with Crippen LogP contribution in [0.4, 0.5) is 0 Å². The third kappa shape index (κ3) is 3.97. The first-order valence-electron chi connectivity index (χ1n) is 6.82. The minimum absolute atomic E-state index is 0.0199. The van der Waals surface area contributed by atoms with Crippen LogP contribution in [0.15, 0.2) is 43.0 Å². The Kier molecular flexibility index (Phi) is 5.40. The van der Waals surface area contributed by atoms with E-state index < -0.39 is 0 Å². The summed E-state index contributed by atoms with van der Waals surface area (Å²) in [5.41, 5.74) is 0.961.